The van der Waals surface area contributed by atoms with Crippen LogP contribution in [0.15, 0.2) is 58.4 Å². The fourth-order valence-corrected chi connectivity index (χ4v) is 3.98. The van der Waals surface area contributed by atoms with Gasteiger partial charge in [-0.2, -0.15) is 0 Å². The summed E-state index contributed by atoms with van der Waals surface area (Å²) < 4.78 is 32.0. The zero-order valence-electron chi connectivity index (χ0n) is 15.2. The normalized spacial score (nSPS) is 17.1. The van der Waals surface area contributed by atoms with Crippen molar-refractivity contribution in [2.24, 2.45) is 10.7 Å². The van der Waals surface area contributed by atoms with Crippen molar-refractivity contribution >= 4 is 16.0 Å². The van der Waals surface area contributed by atoms with Gasteiger partial charge in [0.25, 0.3) is 0 Å². The molecule has 3 rings (SSSR count). The minimum Gasteiger partial charge on any atom is -0.493 e. The molecule has 1 aliphatic rings. The lowest BCUT2D eigenvalue weighted by atomic mass is 10.0. The van der Waals surface area contributed by atoms with E-state index in [2.05, 4.69) is 15.0 Å². The van der Waals surface area contributed by atoms with Crippen LogP contribution in [0.5, 0.6) is 5.75 Å². The molecule has 0 aliphatic carbocycles. The van der Waals surface area contributed by atoms with E-state index in [1.807, 2.05) is 24.3 Å². The second-order valence-corrected chi connectivity index (χ2v) is 7.99. The monoisotopic (exact) mass is 388 g/mol. The smallest absolute Gasteiger partial charge is 0.240 e. The number of rotatable bonds is 6. The lowest BCUT2D eigenvalue weighted by Gasteiger charge is -2.26. The molecule has 2 aromatic rings. The topological polar surface area (TPSA) is 106 Å². The Bertz CT molecular complexity index is 911. The van der Waals surface area contributed by atoms with Crippen LogP contribution in [0.4, 0.5) is 0 Å². The molecule has 27 heavy (non-hydrogen) atoms. The number of sulfonamides is 1. The molecule has 0 aromatic heterocycles. The van der Waals surface area contributed by atoms with E-state index in [-0.39, 0.29) is 10.9 Å². The zero-order valence-corrected chi connectivity index (χ0v) is 16.0. The highest BCUT2D eigenvalue weighted by Gasteiger charge is 2.21. The summed E-state index contributed by atoms with van der Waals surface area (Å²) in [5.41, 5.74) is 7.99. The molecule has 1 atom stereocenters. The summed E-state index contributed by atoms with van der Waals surface area (Å²) in [6.07, 6.45) is 0.810. The minimum atomic E-state index is -3.44. The van der Waals surface area contributed by atoms with E-state index in [9.17, 15) is 8.42 Å². The van der Waals surface area contributed by atoms with Crippen molar-refractivity contribution in [1.29, 1.82) is 0 Å². The zero-order chi connectivity index (χ0) is 19.3. The Labute approximate surface area is 159 Å². The molecule has 0 saturated carbocycles. The molecule has 0 spiro atoms. The number of guanidine groups is 1. The van der Waals surface area contributed by atoms with Gasteiger partial charge in [-0.05, 0) is 23.8 Å². The molecule has 144 valence electrons. The van der Waals surface area contributed by atoms with Gasteiger partial charge in [0.05, 0.1) is 24.1 Å². The van der Waals surface area contributed by atoms with Crippen LogP contribution in [0, 0.1) is 0 Å². The van der Waals surface area contributed by atoms with Gasteiger partial charge in [0.1, 0.15) is 5.75 Å². The third-order valence-corrected chi connectivity index (χ3v) is 5.84. The highest BCUT2D eigenvalue weighted by molar-refractivity contribution is 7.89. The number of para-hydroxylation sites is 1. The Morgan fingerprint density at radius 1 is 1.22 bits per heavy atom. The van der Waals surface area contributed by atoms with Crippen LogP contribution in [0.25, 0.3) is 0 Å². The summed E-state index contributed by atoms with van der Waals surface area (Å²) in [5.74, 6) is 1.22. The molecule has 7 nitrogen and oxygen atoms in total. The van der Waals surface area contributed by atoms with E-state index in [0.29, 0.717) is 25.7 Å². The largest absolute Gasteiger partial charge is 0.493 e. The fourth-order valence-electron chi connectivity index (χ4n) is 2.94. The molecule has 8 heteroatoms. The maximum absolute atomic E-state index is 12.0. The van der Waals surface area contributed by atoms with Gasteiger partial charge in [0, 0.05) is 18.5 Å². The van der Waals surface area contributed by atoms with Gasteiger partial charge in [-0.1, -0.05) is 37.3 Å². The van der Waals surface area contributed by atoms with Gasteiger partial charge in [0.2, 0.25) is 10.0 Å². The van der Waals surface area contributed by atoms with Crippen molar-refractivity contribution in [1.82, 2.24) is 10.0 Å². The maximum Gasteiger partial charge on any atom is 0.240 e. The molecular weight excluding hydrogens is 364 g/mol. The van der Waals surface area contributed by atoms with Gasteiger partial charge in [0.15, 0.2) is 5.96 Å². The molecule has 1 aliphatic heterocycles. The van der Waals surface area contributed by atoms with Crippen molar-refractivity contribution in [3.05, 3.63) is 59.7 Å². The van der Waals surface area contributed by atoms with Gasteiger partial charge in [-0.15, -0.1) is 0 Å². The third kappa shape index (κ3) is 4.78. The molecule has 0 fully saturated rings. The predicted molar refractivity (Wildman–Crippen MR) is 105 cm³/mol. The lowest BCUT2D eigenvalue weighted by Crippen LogP contribution is -2.37. The highest BCUT2D eigenvalue weighted by Crippen LogP contribution is 2.31. The number of hydrogen-bond acceptors (Lipinski definition) is 4. The van der Waals surface area contributed by atoms with Crippen LogP contribution >= 0.6 is 0 Å². The first-order chi connectivity index (χ1) is 13.0. The number of aliphatic imine (C=N–C) groups is 1. The van der Waals surface area contributed by atoms with Crippen molar-refractivity contribution in [2.45, 2.75) is 30.8 Å². The number of nitrogens with two attached hydrogens (primary N) is 1. The molecule has 1 unspecified atom stereocenters. The summed E-state index contributed by atoms with van der Waals surface area (Å²) in [7, 11) is -3.44. The SMILES string of the molecule is CCNS(=O)(=O)c1ccc(CN=C(N)NC2CCOc3ccccc32)cc1. The van der Waals surface area contributed by atoms with Gasteiger partial charge in [-0.25, -0.2) is 18.1 Å². The Hall–Kier alpha value is -2.58. The first-order valence-corrected chi connectivity index (χ1v) is 10.3. The first kappa shape index (κ1) is 19.2. The third-order valence-electron chi connectivity index (χ3n) is 4.28. The number of ether oxygens (including phenoxy) is 1. The molecule has 1 heterocycles. The van der Waals surface area contributed by atoms with Crippen molar-refractivity contribution in [3.8, 4) is 5.75 Å². The highest BCUT2D eigenvalue weighted by atomic mass is 32.2. The average molecular weight is 388 g/mol. The summed E-state index contributed by atoms with van der Waals surface area (Å²) in [6, 6.07) is 14.6. The number of nitrogens with zero attached hydrogens (tertiary/aromatic N) is 1. The van der Waals surface area contributed by atoms with E-state index in [1.165, 1.54) is 0 Å². The van der Waals surface area contributed by atoms with Crippen LogP contribution in [0.1, 0.15) is 30.5 Å². The van der Waals surface area contributed by atoms with E-state index in [0.717, 1.165) is 23.3 Å². The summed E-state index contributed by atoms with van der Waals surface area (Å²) in [6.45, 7) is 3.09. The van der Waals surface area contributed by atoms with Crippen molar-refractivity contribution in [2.75, 3.05) is 13.2 Å². The van der Waals surface area contributed by atoms with Gasteiger partial charge in [-0.3, -0.25) is 0 Å². The van der Waals surface area contributed by atoms with Crippen LogP contribution in [-0.2, 0) is 16.6 Å². The molecule has 0 amide bonds. The molecule has 0 saturated heterocycles. The molecular formula is C19H24N4O3S. The van der Waals surface area contributed by atoms with Crippen LogP contribution < -0.4 is 20.5 Å². The van der Waals surface area contributed by atoms with E-state index >= 15 is 0 Å². The Kier molecular flexibility index (Phi) is 5.98. The van der Waals surface area contributed by atoms with E-state index < -0.39 is 10.0 Å². The Balaban J connectivity index is 1.63. The van der Waals surface area contributed by atoms with E-state index in [4.69, 9.17) is 10.5 Å². The number of nitrogens with one attached hydrogen (secondary N) is 2. The number of fused-ring (bicyclic) bond motifs is 1. The van der Waals surface area contributed by atoms with Crippen molar-refractivity contribution in [3.63, 3.8) is 0 Å². The quantitative estimate of drug-likeness (QED) is 0.518. The standard InChI is InChI=1S/C19H24N4O3S/c1-2-22-27(24,25)15-9-7-14(8-10-15)13-21-19(20)23-17-11-12-26-18-6-4-3-5-16(17)18/h3-10,17,22H,2,11-13H2,1H3,(H3,20,21,23). The van der Waals surface area contributed by atoms with Crippen molar-refractivity contribution < 1.29 is 13.2 Å². The molecule has 0 bridgehead atoms. The maximum atomic E-state index is 12.0. The molecule has 4 N–H and O–H groups in total. The Morgan fingerprint density at radius 2 is 1.96 bits per heavy atom. The molecule has 0 radical (unpaired) electrons. The predicted octanol–water partition coefficient (Wildman–Crippen LogP) is 1.91. The fraction of sp³-hybridized carbons (Fsp3) is 0.316. The number of benzene rings is 2. The second-order valence-electron chi connectivity index (χ2n) is 6.22. The van der Waals surface area contributed by atoms with Crippen LogP contribution in [0.3, 0.4) is 0 Å². The first-order valence-electron chi connectivity index (χ1n) is 8.86. The van der Waals surface area contributed by atoms with Crippen LogP contribution in [-0.4, -0.2) is 27.5 Å². The Morgan fingerprint density at radius 3 is 2.70 bits per heavy atom. The summed E-state index contributed by atoms with van der Waals surface area (Å²) >= 11 is 0. The van der Waals surface area contributed by atoms with Gasteiger partial charge >= 0.3 is 0 Å². The summed E-state index contributed by atoms with van der Waals surface area (Å²) in [5, 5.41) is 3.24. The number of hydrogen-bond donors (Lipinski definition) is 3. The lowest BCUT2D eigenvalue weighted by molar-refractivity contribution is 0.262. The second kappa shape index (κ2) is 8.41. The summed E-state index contributed by atoms with van der Waals surface area (Å²) in [4.78, 5) is 4.60. The minimum absolute atomic E-state index is 0.0614. The average Bonchev–Trinajstić information content (AvgIpc) is 2.67. The van der Waals surface area contributed by atoms with Crippen LogP contribution in [0.2, 0.25) is 0 Å². The van der Waals surface area contributed by atoms with Gasteiger partial charge < -0.3 is 15.8 Å². The molecule has 2 aromatic carbocycles. The van der Waals surface area contributed by atoms with E-state index in [1.54, 1.807) is 31.2 Å².